The third-order valence-electron chi connectivity index (χ3n) is 5.36. The Morgan fingerprint density at radius 3 is 2.30 bits per heavy atom. The van der Waals surface area contributed by atoms with E-state index in [-0.39, 0.29) is 11.7 Å². The van der Waals surface area contributed by atoms with E-state index in [2.05, 4.69) is 19.2 Å². The number of benzene rings is 3. The first-order valence-electron chi connectivity index (χ1n) is 10.9. The second-order valence-corrected chi connectivity index (χ2v) is 9.03. The van der Waals surface area contributed by atoms with Crippen LogP contribution >= 0.6 is 11.8 Å². The molecule has 0 saturated heterocycles. The number of aromatic nitrogens is 2. The number of nitrogens with one attached hydrogen (secondary N) is 1. The lowest BCUT2D eigenvalue weighted by molar-refractivity contribution is -0.113. The van der Waals surface area contributed by atoms with Crippen LogP contribution in [0.5, 0.6) is 5.75 Å². The standard InChI is InChI=1S/C27H27N3O2S/c1-18(2)19-12-14-21(15-13-19)28-26(31)17-33-27-24(16-20-8-4-7-11-25(20)32-3)29-22-9-5-6-10-23(22)30-27/h4-15,18H,16-17H2,1-3H3,(H,28,31). The van der Waals surface area contributed by atoms with Crippen molar-refractivity contribution >= 4 is 34.4 Å². The van der Waals surface area contributed by atoms with Crippen LogP contribution in [0.25, 0.3) is 11.0 Å². The Morgan fingerprint density at radius 1 is 0.939 bits per heavy atom. The van der Waals surface area contributed by atoms with Gasteiger partial charge in [0.2, 0.25) is 5.91 Å². The summed E-state index contributed by atoms with van der Waals surface area (Å²) >= 11 is 1.40. The van der Waals surface area contributed by atoms with Crippen molar-refractivity contribution in [2.24, 2.45) is 0 Å². The topological polar surface area (TPSA) is 64.1 Å². The van der Waals surface area contributed by atoms with Crippen molar-refractivity contribution in [3.63, 3.8) is 0 Å². The lowest BCUT2D eigenvalue weighted by Gasteiger charge is -2.12. The molecule has 0 aliphatic carbocycles. The van der Waals surface area contributed by atoms with Crippen LogP contribution < -0.4 is 10.1 Å². The van der Waals surface area contributed by atoms with Gasteiger partial charge in [0.15, 0.2) is 0 Å². The molecular weight excluding hydrogens is 430 g/mol. The van der Waals surface area contributed by atoms with Crippen LogP contribution in [0.1, 0.15) is 36.6 Å². The number of para-hydroxylation sites is 3. The SMILES string of the molecule is COc1ccccc1Cc1nc2ccccc2nc1SCC(=O)Nc1ccc(C(C)C)cc1. The Kier molecular flexibility index (Phi) is 7.25. The molecule has 0 aliphatic rings. The van der Waals surface area contributed by atoms with Gasteiger partial charge in [-0.15, -0.1) is 0 Å². The molecular formula is C27H27N3O2S. The van der Waals surface area contributed by atoms with Crippen molar-refractivity contribution in [3.8, 4) is 5.75 Å². The Labute approximate surface area is 198 Å². The molecule has 33 heavy (non-hydrogen) atoms. The quantitative estimate of drug-likeness (QED) is 0.325. The molecule has 168 valence electrons. The van der Waals surface area contributed by atoms with E-state index >= 15 is 0 Å². The number of anilines is 1. The van der Waals surface area contributed by atoms with E-state index in [0.717, 1.165) is 38.8 Å². The van der Waals surface area contributed by atoms with Crippen molar-refractivity contribution in [1.82, 2.24) is 9.97 Å². The molecule has 0 fully saturated rings. The summed E-state index contributed by atoms with van der Waals surface area (Å²) < 4.78 is 5.51. The number of nitrogens with zero attached hydrogens (tertiary/aromatic N) is 2. The van der Waals surface area contributed by atoms with Gasteiger partial charge in [-0.25, -0.2) is 9.97 Å². The number of fused-ring (bicyclic) bond motifs is 1. The van der Waals surface area contributed by atoms with Gasteiger partial charge in [0.05, 0.1) is 29.6 Å². The molecule has 1 heterocycles. The van der Waals surface area contributed by atoms with E-state index < -0.39 is 0 Å². The Morgan fingerprint density at radius 2 is 1.61 bits per heavy atom. The zero-order chi connectivity index (χ0) is 23.2. The van der Waals surface area contributed by atoms with Crippen molar-refractivity contribution < 1.29 is 9.53 Å². The number of hydrogen-bond donors (Lipinski definition) is 1. The van der Waals surface area contributed by atoms with Gasteiger partial charge < -0.3 is 10.1 Å². The minimum atomic E-state index is -0.0736. The molecule has 0 atom stereocenters. The summed E-state index contributed by atoms with van der Waals surface area (Å²) in [6.45, 7) is 4.30. The highest BCUT2D eigenvalue weighted by Crippen LogP contribution is 2.28. The fourth-order valence-electron chi connectivity index (χ4n) is 3.56. The maximum atomic E-state index is 12.6. The molecule has 6 heteroatoms. The Bertz CT molecular complexity index is 1260. The molecule has 5 nitrogen and oxygen atoms in total. The Balaban J connectivity index is 1.53. The third kappa shape index (κ3) is 5.71. The summed E-state index contributed by atoms with van der Waals surface area (Å²) in [4.78, 5) is 22.3. The first-order valence-corrected chi connectivity index (χ1v) is 11.9. The molecule has 0 unspecified atom stereocenters. The van der Waals surface area contributed by atoms with Gasteiger partial charge in [-0.1, -0.05) is 68.1 Å². The molecule has 0 aliphatic heterocycles. The molecule has 0 saturated carbocycles. The second kappa shape index (κ2) is 10.5. The fourth-order valence-corrected chi connectivity index (χ4v) is 4.35. The number of ether oxygens (including phenoxy) is 1. The zero-order valence-corrected chi connectivity index (χ0v) is 19.9. The number of amides is 1. The smallest absolute Gasteiger partial charge is 0.234 e. The molecule has 0 bridgehead atoms. The minimum Gasteiger partial charge on any atom is -0.496 e. The van der Waals surface area contributed by atoms with Gasteiger partial charge in [0.25, 0.3) is 0 Å². The van der Waals surface area contributed by atoms with Crippen molar-refractivity contribution in [1.29, 1.82) is 0 Å². The van der Waals surface area contributed by atoms with E-state index in [0.29, 0.717) is 12.3 Å². The number of rotatable bonds is 8. The number of carbonyl (C=O) groups is 1. The van der Waals surface area contributed by atoms with Crippen LogP contribution in [-0.2, 0) is 11.2 Å². The van der Waals surface area contributed by atoms with Crippen LogP contribution in [0, 0.1) is 0 Å². The summed E-state index contributed by atoms with van der Waals surface area (Å²) in [5, 5.41) is 3.73. The van der Waals surface area contributed by atoms with Crippen molar-refractivity contribution in [2.75, 3.05) is 18.2 Å². The molecule has 0 spiro atoms. The summed E-state index contributed by atoms with van der Waals surface area (Å²) in [6, 6.07) is 23.7. The van der Waals surface area contributed by atoms with Crippen LogP contribution in [0.15, 0.2) is 77.8 Å². The fraction of sp³-hybridized carbons (Fsp3) is 0.222. The normalized spacial score (nSPS) is 11.0. The van der Waals surface area contributed by atoms with Crippen molar-refractivity contribution in [3.05, 3.63) is 89.6 Å². The van der Waals surface area contributed by atoms with Crippen LogP contribution in [0.3, 0.4) is 0 Å². The molecule has 0 radical (unpaired) electrons. The molecule has 1 aromatic heterocycles. The minimum absolute atomic E-state index is 0.0736. The number of methoxy groups -OCH3 is 1. The highest BCUT2D eigenvalue weighted by atomic mass is 32.2. The van der Waals surface area contributed by atoms with E-state index in [1.165, 1.54) is 17.3 Å². The average Bonchev–Trinajstić information content (AvgIpc) is 2.83. The molecule has 4 aromatic rings. The highest BCUT2D eigenvalue weighted by molar-refractivity contribution is 8.00. The molecule has 3 aromatic carbocycles. The largest absolute Gasteiger partial charge is 0.496 e. The number of hydrogen-bond acceptors (Lipinski definition) is 5. The summed E-state index contributed by atoms with van der Waals surface area (Å²) in [5.41, 5.74) is 5.55. The van der Waals surface area contributed by atoms with Gasteiger partial charge >= 0.3 is 0 Å². The van der Waals surface area contributed by atoms with E-state index in [4.69, 9.17) is 14.7 Å². The lowest BCUT2D eigenvalue weighted by atomic mass is 10.0. The lowest BCUT2D eigenvalue weighted by Crippen LogP contribution is -2.14. The predicted molar refractivity (Wildman–Crippen MR) is 135 cm³/mol. The zero-order valence-electron chi connectivity index (χ0n) is 19.0. The van der Waals surface area contributed by atoms with Crippen LogP contribution in [0.4, 0.5) is 5.69 Å². The van der Waals surface area contributed by atoms with Gasteiger partial charge in [0.1, 0.15) is 10.8 Å². The summed E-state index contributed by atoms with van der Waals surface area (Å²) in [5.74, 6) is 1.44. The van der Waals surface area contributed by atoms with E-state index in [1.54, 1.807) is 7.11 Å². The maximum Gasteiger partial charge on any atom is 0.234 e. The third-order valence-corrected chi connectivity index (χ3v) is 6.36. The monoisotopic (exact) mass is 457 g/mol. The highest BCUT2D eigenvalue weighted by Gasteiger charge is 2.14. The van der Waals surface area contributed by atoms with Crippen molar-refractivity contribution in [2.45, 2.75) is 31.2 Å². The molecule has 1 N–H and O–H groups in total. The van der Waals surface area contributed by atoms with E-state index in [9.17, 15) is 4.79 Å². The number of thioether (sulfide) groups is 1. The van der Waals surface area contributed by atoms with Gasteiger partial charge in [-0.05, 0) is 41.8 Å². The van der Waals surface area contributed by atoms with Gasteiger partial charge in [0, 0.05) is 17.7 Å². The first-order chi connectivity index (χ1) is 16.0. The predicted octanol–water partition coefficient (Wildman–Crippen LogP) is 6.08. The number of carbonyl (C=O) groups excluding carboxylic acids is 1. The Hall–Kier alpha value is -3.38. The summed E-state index contributed by atoms with van der Waals surface area (Å²) in [6.07, 6.45) is 0.572. The molecule has 4 rings (SSSR count). The molecule has 1 amide bonds. The van der Waals surface area contributed by atoms with Crippen LogP contribution in [-0.4, -0.2) is 28.7 Å². The van der Waals surface area contributed by atoms with Gasteiger partial charge in [-0.2, -0.15) is 0 Å². The maximum absolute atomic E-state index is 12.6. The van der Waals surface area contributed by atoms with Gasteiger partial charge in [-0.3, -0.25) is 4.79 Å². The second-order valence-electron chi connectivity index (χ2n) is 8.07. The first kappa shape index (κ1) is 22.8. The summed E-state index contributed by atoms with van der Waals surface area (Å²) in [7, 11) is 1.67. The van der Waals surface area contributed by atoms with E-state index in [1.807, 2.05) is 72.8 Å². The van der Waals surface area contributed by atoms with Crippen LogP contribution in [0.2, 0.25) is 0 Å². The average molecular weight is 458 g/mol.